The van der Waals surface area contributed by atoms with Gasteiger partial charge < -0.3 is 14.8 Å². The number of ether oxygens (including phenoxy) is 1. The van der Waals surface area contributed by atoms with Crippen molar-refractivity contribution in [3.8, 4) is 0 Å². The van der Waals surface area contributed by atoms with Crippen LogP contribution in [0.25, 0.3) is 0 Å². The van der Waals surface area contributed by atoms with Gasteiger partial charge in [-0.3, -0.25) is 9.59 Å². The fourth-order valence-corrected chi connectivity index (χ4v) is 5.31. The van der Waals surface area contributed by atoms with E-state index in [0.29, 0.717) is 11.3 Å². The van der Waals surface area contributed by atoms with Crippen molar-refractivity contribution in [3.63, 3.8) is 0 Å². The molecular weight excluding hydrogens is 408 g/mol. The highest BCUT2D eigenvalue weighted by atomic mass is 32.2. The van der Waals surface area contributed by atoms with Crippen molar-refractivity contribution in [2.75, 3.05) is 13.2 Å². The zero-order valence-electron chi connectivity index (χ0n) is 17.4. The SMILES string of the molecule is Cc1cc(C(=O)COC(=O)[C@@H]2CC(O)CN2S(=O)(=O)c2ccc(C)c(C)c2)c(C)[nH]1. The Morgan fingerprint density at radius 2 is 1.87 bits per heavy atom. The minimum atomic E-state index is -4.02. The largest absolute Gasteiger partial charge is 0.456 e. The number of H-pyrrole nitrogens is 1. The fraction of sp³-hybridized carbons (Fsp3) is 0.429. The molecule has 0 spiro atoms. The van der Waals surface area contributed by atoms with Crippen LogP contribution in [0.15, 0.2) is 29.2 Å². The van der Waals surface area contributed by atoms with Crippen LogP contribution in [0, 0.1) is 27.7 Å². The lowest BCUT2D eigenvalue weighted by Crippen LogP contribution is -2.42. The molecule has 1 aliphatic rings. The molecule has 0 saturated carbocycles. The molecule has 1 aromatic carbocycles. The van der Waals surface area contributed by atoms with Gasteiger partial charge in [0.1, 0.15) is 6.04 Å². The predicted octanol–water partition coefficient (Wildman–Crippen LogP) is 1.80. The maximum absolute atomic E-state index is 13.1. The summed E-state index contributed by atoms with van der Waals surface area (Å²) in [6, 6.07) is 5.20. The van der Waals surface area contributed by atoms with Gasteiger partial charge in [-0.1, -0.05) is 6.07 Å². The highest BCUT2D eigenvalue weighted by Gasteiger charge is 2.44. The monoisotopic (exact) mass is 434 g/mol. The van der Waals surface area contributed by atoms with Crippen molar-refractivity contribution in [1.29, 1.82) is 0 Å². The molecule has 0 bridgehead atoms. The first-order valence-corrected chi connectivity index (χ1v) is 11.1. The number of nitrogens with one attached hydrogen (secondary N) is 1. The van der Waals surface area contributed by atoms with Gasteiger partial charge in [0.2, 0.25) is 15.8 Å². The third kappa shape index (κ3) is 4.33. The van der Waals surface area contributed by atoms with Crippen molar-refractivity contribution in [2.24, 2.45) is 0 Å². The van der Waals surface area contributed by atoms with Crippen LogP contribution in [0.5, 0.6) is 0 Å². The molecule has 1 aromatic heterocycles. The maximum Gasteiger partial charge on any atom is 0.325 e. The Balaban J connectivity index is 1.76. The molecule has 30 heavy (non-hydrogen) atoms. The van der Waals surface area contributed by atoms with Gasteiger partial charge >= 0.3 is 5.97 Å². The summed E-state index contributed by atoms with van der Waals surface area (Å²) >= 11 is 0. The molecule has 1 saturated heterocycles. The number of benzene rings is 1. The molecule has 0 amide bonds. The van der Waals surface area contributed by atoms with Gasteiger partial charge in [0.15, 0.2) is 6.61 Å². The number of nitrogens with zero attached hydrogens (tertiary/aromatic N) is 1. The van der Waals surface area contributed by atoms with Gasteiger partial charge in [0.05, 0.1) is 11.0 Å². The summed E-state index contributed by atoms with van der Waals surface area (Å²) < 4.78 is 32.3. The summed E-state index contributed by atoms with van der Waals surface area (Å²) in [7, 11) is -4.02. The number of aliphatic hydroxyl groups excluding tert-OH is 1. The van der Waals surface area contributed by atoms with E-state index >= 15 is 0 Å². The number of Topliss-reactive ketones (excluding diaryl/α,β-unsaturated/α-hetero) is 1. The number of hydrogen-bond donors (Lipinski definition) is 2. The third-order valence-electron chi connectivity index (χ3n) is 5.39. The number of carbonyl (C=O) groups excluding carboxylic acids is 2. The average molecular weight is 435 g/mol. The standard InChI is InChI=1S/C21H26N2O6S/c1-12-5-6-17(7-13(12)2)30(27,28)23-10-16(24)9-19(23)21(26)29-11-20(25)18-8-14(3)22-15(18)4/h5-8,16,19,22,24H,9-11H2,1-4H3/t16?,19-/m0/s1. The second kappa shape index (κ2) is 8.33. The van der Waals surface area contributed by atoms with Crippen molar-refractivity contribution in [2.45, 2.75) is 51.2 Å². The average Bonchev–Trinajstić information content (AvgIpc) is 3.23. The van der Waals surface area contributed by atoms with Gasteiger partial charge in [0.25, 0.3) is 0 Å². The molecule has 1 unspecified atom stereocenters. The number of carbonyl (C=O) groups is 2. The third-order valence-corrected chi connectivity index (χ3v) is 7.26. The summed E-state index contributed by atoms with van der Waals surface area (Å²) in [4.78, 5) is 28.0. The van der Waals surface area contributed by atoms with E-state index in [0.717, 1.165) is 21.1 Å². The lowest BCUT2D eigenvalue weighted by Gasteiger charge is -2.22. The van der Waals surface area contributed by atoms with E-state index in [1.54, 1.807) is 26.0 Å². The van der Waals surface area contributed by atoms with Gasteiger partial charge in [-0.05, 0) is 57.0 Å². The van der Waals surface area contributed by atoms with Crippen LogP contribution in [0.1, 0.15) is 39.3 Å². The summed E-state index contributed by atoms with van der Waals surface area (Å²) in [6.07, 6.45) is -1.08. The molecule has 2 atom stereocenters. The molecule has 2 heterocycles. The highest BCUT2D eigenvalue weighted by Crippen LogP contribution is 2.28. The smallest absolute Gasteiger partial charge is 0.325 e. The second-order valence-corrected chi connectivity index (χ2v) is 9.64. The van der Waals surface area contributed by atoms with Crippen LogP contribution >= 0.6 is 0 Å². The summed E-state index contributed by atoms with van der Waals surface area (Å²) in [5, 5.41) is 10.0. The summed E-state index contributed by atoms with van der Waals surface area (Å²) in [6.45, 7) is 6.52. The van der Waals surface area contributed by atoms with Crippen molar-refractivity contribution in [3.05, 3.63) is 52.3 Å². The number of aryl methyl sites for hydroxylation is 4. The minimum Gasteiger partial charge on any atom is -0.456 e. The first-order valence-electron chi connectivity index (χ1n) is 9.64. The van der Waals surface area contributed by atoms with Crippen LogP contribution in [0.2, 0.25) is 0 Å². The van der Waals surface area contributed by atoms with E-state index in [4.69, 9.17) is 4.74 Å². The van der Waals surface area contributed by atoms with Gasteiger partial charge in [-0.2, -0.15) is 4.31 Å². The Morgan fingerprint density at radius 3 is 2.47 bits per heavy atom. The van der Waals surface area contributed by atoms with Crippen molar-refractivity contribution in [1.82, 2.24) is 9.29 Å². The molecule has 0 radical (unpaired) electrons. The molecular formula is C21H26N2O6S. The van der Waals surface area contributed by atoms with Crippen LogP contribution in [0.4, 0.5) is 0 Å². The van der Waals surface area contributed by atoms with Crippen LogP contribution in [0.3, 0.4) is 0 Å². The Kier molecular flexibility index (Phi) is 6.16. The van der Waals surface area contributed by atoms with E-state index in [1.807, 2.05) is 13.8 Å². The predicted molar refractivity (Wildman–Crippen MR) is 110 cm³/mol. The van der Waals surface area contributed by atoms with Crippen LogP contribution in [-0.2, 0) is 19.6 Å². The van der Waals surface area contributed by atoms with E-state index in [-0.39, 0.29) is 23.6 Å². The van der Waals surface area contributed by atoms with Crippen LogP contribution < -0.4 is 0 Å². The number of ketones is 1. The zero-order chi connectivity index (χ0) is 22.2. The van der Waals surface area contributed by atoms with E-state index < -0.39 is 34.7 Å². The first-order chi connectivity index (χ1) is 14.0. The molecule has 9 heteroatoms. The number of aromatic amines is 1. The highest BCUT2D eigenvalue weighted by molar-refractivity contribution is 7.89. The number of sulfonamides is 1. The number of aromatic nitrogens is 1. The molecule has 0 aliphatic carbocycles. The van der Waals surface area contributed by atoms with Gasteiger partial charge in [0, 0.05) is 29.9 Å². The lowest BCUT2D eigenvalue weighted by atomic mass is 10.1. The molecule has 8 nitrogen and oxygen atoms in total. The molecule has 2 aromatic rings. The Morgan fingerprint density at radius 1 is 1.17 bits per heavy atom. The second-order valence-electron chi connectivity index (χ2n) is 7.75. The molecule has 1 fully saturated rings. The number of aliphatic hydroxyl groups is 1. The quantitative estimate of drug-likeness (QED) is 0.529. The van der Waals surface area contributed by atoms with Crippen molar-refractivity contribution >= 4 is 21.8 Å². The van der Waals surface area contributed by atoms with E-state index in [1.165, 1.54) is 12.1 Å². The Labute approximate surface area is 175 Å². The number of hydrogen-bond acceptors (Lipinski definition) is 6. The topological polar surface area (TPSA) is 117 Å². The number of esters is 1. The van der Waals surface area contributed by atoms with Gasteiger partial charge in [-0.25, -0.2) is 8.42 Å². The van der Waals surface area contributed by atoms with E-state index in [2.05, 4.69) is 4.98 Å². The summed E-state index contributed by atoms with van der Waals surface area (Å²) in [5.41, 5.74) is 3.65. The van der Waals surface area contributed by atoms with Crippen molar-refractivity contribution < 1.29 is 27.9 Å². The normalized spacial score (nSPS) is 19.8. The lowest BCUT2D eigenvalue weighted by molar-refractivity contribution is -0.146. The minimum absolute atomic E-state index is 0.0481. The Hall–Kier alpha value is -2.49. The Bertz CT molecular complexity index is 1090. The number of rotatable bonds is 6. The van der Waals surface area contributed by atoms with E-state index in [9.17, 15) is 23.1 Å². The fourth-order valence-electron chi connectivity index (χ4n) is 3.60. The first kappa shape index (κ1) is 22.2. The molecule has 1 aliphatic heterocycles. The molecule has 2 N–H and O–H groups in total. The molecule has 3 rings (SSSR count). The molecule has 162 valence electrons. The van der Waals surface area contributed by atoms with Crippen LogP contribution in [-0.4, -0.2) is 59.9 Å². The summed E-state index contributed by atoms with van der Waals surface area (Å²) in [5.74, 6) is -1.23. The number of β-amino-alcohol motifs (C(OH)–C–C–N with tert-alkyl or cyclic N) is 1. The van der Waals surface area contributed by atoms with Gasteiger partial charge in [-0.15, -0.1) is 0 Å². The zero-order valence-corrected chi connectivity index (χ0v) is 18.2. The maximum atomic E-state index is 13.1.